The number of benzene rings is 1. The molecule has 6 nitrogen and oxygen atoms in total. The summed E-state index contributed by atoms with van der Waals surface area (Å²) in [6, 6.07) is 6.48. The first-order valence-corrected chi connectivity index (χ1v) is 8.77. The molecule has 134 valence electrons. The molecule has 0 amide bonds. The van der Waals surface area contributed by atoms with Gasteiger partial charge in [-0.3, -0.25) is 9.59 Å². The summed E-state index contributed by atoms with van der Waals surface area (Å²) in [7, 11) is 0. The molecule has 1 heterocycles. The Morgan fingerprint density at radius 3 is 2.84 bits per heavy atom. The number of halogens is 1. The van der Waals surface area contributed by atoms with Crippen LogP contribution in [0.3, 0.4) is 0 Å². The smallest absolute Gasteiger partial charge is 0.308 e. The number of rotatable bonds is 4. The third-order valence-electron chi connectivity index (χ3n) is 4.98. The van der Waals surface area contributed by atoms with Crippen LogP contribution in [-0.2, 0) is 9.53 Å². The number of aromatic amines is 1. The fourth-order valence-corrected chi connectivity index (χ4v) is 3.65. The summed E-state index contributed by atoms with van der Waals surface area (Å²) in [6.07, 6.45) is 1.17. The van der Waals surface area contributed by atoms with Crippen molar-refractivity contribution in [3.63, 3.8) is 0 Å². The molecule has 1 aliphatic carbocycles. The number of aromatic nitrogens is 1. The van der Waals surface area contributed by atoms with E-state index in [0.29, 0.717) is 36.6 Å². The quantitative estimate of drug-likeness (QED) is 0.570. The van der Waals surface area contributed by atoms with E-state index in [9.17, 15) is 9.59 Å². The van der Waals surface area contributed by atoms with Crippen LogP contribution in [0.15, 0.2) is 24.3 Å². The summed E-state index contributed by atoms with van der Waals surface area (Å²) in [6.45, 7) is 2.09. The highest BCUT2D eigenvalue weighted by Crippen LogP contribution is 2.33. The molecule has 3 rings (SSSR count). The molecule has 2 aromatic rings. The van der Waals surface area contributed by atoms with Crippen molar-refractivity contribution in [1.82, 2.24) is 4.98 Å². The van der Waals surface area contributed by atoms with Crippen molar-refractivity contribution in [2.24, 2.45) is 17.4 Å². The van der Waals surface area contributed by atoms with Gasteiger partial charge in [-0.25, -0.2) is 0 Å². The number of hydrogen-bond acceptors (Lipinski definition) is 5. The number of nitrogens with two attached hydrogens (primary N) is 2. The number of esters is 1. The number of nitrogens with one attached hydrogen (secondary N) is 1. The third-order valence-corrected chi connectivity index (χ3v) is 5.21. The zero-order valence-electron chi connectivity index (χ0n) is 14.0. The van der Waals surface area contributed by atoms with Crippen LogP contribution in [0, 0.1) is 5.92 Å². The van der Waals surface area contributed by atoms with Crippen LogP contribution in [0.5, 0.6) is 0 Å². The first-order valence-electron chi connectivity index (χ1n) is 8.39. The van der Waals surface area contributed by atoms with Gasteiger partial charge in [0.05, 0.1) is 23.8 Å². The van der Waals surface area contributed by atoms with Crippen LogP contribution < -0.4 is 11.5 Å². The van der Waals surface area contributed by atoms with Crippen molar-refractivity contribution in [2.75, 3.05) is 6.61 Å². The number of Topliss-reactive ketones (excluding diaryl/α,β-unsaturated/α-hetero) is 1. The van der Waals surface area contributed by atoms with Gasteiger partial charge >= 0.3 is 5.97 Å². The lowest BCUT2D eigenvalue weighted by Gasteiger charge is -2.40. The van der Waals surface area contributed by atoms with Gasteiger partial charge in [0.15, 0.2) is 5.78 Å². The summed E-state index contributed by atoms with van der Waals surface area (Å²) in [5.74, 6) is -0.816. The Labute approximate surface area is 150 Å². The van der Waals surface area contributed by atoms with Gasteiger partial charge in [-0.2, -0.15) is 0 Å². The lowest BCUT2D eigenvalue weighted by Crippen LogP contribution is -2.64. The molecule has 3 atom stereocenters. The Kier molecular flexibility index (Phi) is 4.86. The summed E-state index contributed by atoms with van der Waals surface area (Å²) < 4.78 is 5.06. The van der Waals surface area contributed by atoms with Gasteiger partial charge in [0.1, 0.15) is 0 Å². The van der Waals surface area contributed by atoms with Crippen LogP contribution in [0.2, 0.25) is 5.02 Å². The Balaban J connectivity index is 1.82. The summed E-state index contributed by atoms with van der Waals surface area (Å²) >= 11 is 5.99. The lowest BCUT2D eigenvalue weighted by molar-refractivity contribution is -0.149. The zero-order valence-corrected chi connectivity index (χ0v) is 14.8. The van der Waals surface area contributed by atoms with E-state index in [0.717, 1.165) is 10.9 Å². The molecule has 1 aromatic carbocycles. The van der Waals surface area contributed by atoms with Crippen LogP contribution in [0.25, 0.3) is 10.9 Å². The van der Waals surface area contributed by atoms with E-state index in [1.165, 1.54) is 0 Å². The van der Waals surface area contributed by atoms with E-state index in [1.54, 1.807) is 25.1 Å². The largest absolute Gasteiger partial charge is 0.466 e. The van der Waals surface area contributed by atoms with E-state index in [2.05, 4.69) is 4.98 Å². The van der Waals surface area contributed by atoms with Crippen LogP contribution >= 0.6 is 11.6 Å². The number of hydrogen-bond donors (Lipinski definition) is 3. The zero-order chi connectivity index (χ0) is 18.2. The second-order valence-electron chi connectivity index (χ2n) is 6.61. The van der Waals surface area contributed by atoms with Gasteiger partial charge in [0, 0.05) is 22.0 Å². The minimum atomic E-state index is -1.20. The minimum Gasteiger partial charge on any atom is -0.466 e. The topological polar surface area (TPSA) is 111 Å². The maximum absolute atomic E-state index is 13.0. The van der Waals surface area contributed by atoms with E-state index in [-0.39, 0.29) is 17.7 Å². The maximum Gasteiger partial charge on any atom is 0.308 e. The number of fused-ring (bicyclic) bond motifs is 1. The molecule has 5 N–H and O–H groups in total. The molecule has 1 saturated carbocycles. The highest BCUT2D eigenvalue weighted by atomic mass is 35.5. The van der Waals surface area contributed by atoms with E-state index < -0.39 is 11.6 Å². The van der Waals surface area contributed by atoms with Crippen molar-refractivity contribution < 1.29 is 14.3 Å². The van der Waals surface area contributed by atoms with Crippen molar-refractivity contribution in [2.45, 2.75) is 37.8 Å². The van der Waals surface area contributed by atoms with Crippen molar-refractivity contribution in [3.8, 4) is 0 Å². The molecule has 0 radical (unpaired) electrons. The molecular weight excluding hydrogens is 342 g/mol. The molecule has 1 aliphatic rings. The summed E-state index contributed by atoms with van der Waals surface area (Å²) in [5.41, 5.74) is 12.6. The van der Waals surface area contributed by atoms with Crippen molar-refractivity contribution in [3.05, 3.63) is 35.0 Å². The van der Waals surface area contributed by atoms with E-state index >= 15 is 0 Å². The monoisotopic (exact) mass is 363 g/mol. The summed E-state index contributed by atoms with van der Waals surface area (Å²) in [5, 5.41) is 1.44. The molecule has 0 aliphatic heterocycles. The van der Waals surface area contributed by atoms with E-state index in [1.807, 2.05) is 6.07 Å². The predicted octanol–water partition coefficient (Wildman–Crippen LogP) is 2.39. The average molecular weight is 364 g/mol. The van der Waals surface area contributed by atoms with Crippen molar-refractivity contribution >= 4 is 34.3 Å². The number of H-pyrrole nitrogens is 1. The number of carbonyl (C=O) groups is 2. The SMILES string of the molecule is CCOC(=O)C1CCC(N)(C(=O)c2cc3cc(Cl)ccc3[nH]2)C(N)C1. The Morgan fingerprint density at radius 2 is 2.16 bits per heavy atom. The average Bonchev–Trinajstić information content (AvgIpc) is 2.99. The van der Waals surface area contributed by atoms with Crippen molar-refractivity contribution in [1.29, 1.82) is 0 Å². The number of carbonyl (C=O) groups excluding carboxylic acids is 2. The second-order valence-corrected chi connectivity index (χ2v) is 7.05. The molecule has 7 heteroatoms. The van der Waals surface area contributed by atoms with Crippen LogP contribution in [0.4, 0.5) is 0 Å². The highest BCUT2D eigenvalue weighted by Gasteiger charge is 2.46. The normalized spacial score (nSPS) is 26.6. The van der Waals surface area contributed by atoms with Gasteiger partial charge in [-0.1, -0.05) is 11.6 Å². The first-order chi connectivity index (χ1) is 11.8. The van der Waals surface area contributed by atoms with Gasteiger partial charge in [0.25, 0.3) is 0 Å². The molecule has 25 heavy (non-hydrogen) atoms. The first kappa shape index (κ1) is 17.9. The second kappa shape index (κ2) is 6.78. The predicted molar refractivity (Wildman–Crippen MR) is 96.5 cm³/mol. The molecule has 0 bridgehead atoms. The molecule has 1 fully saturated rings. The van der Waals surface area contributed by atoms with Crippen LogP contribution in [-0.4, -0.2) is 34.9 Å². The fourth-order valence-electron chi connectivity index (χ4n) is 3.47. The Morgan fingerprint density at radius 1 is 1.40 bits per heavy atom. The Hall–Kier alpha value is -1.89. The van der Waals surface area contributed by atoms with Gasteiger partial charge < -0.3 is 21.2 Å². The molecule has 3 unspecified atom stereocenters. The van der Waals surface area contributed by atoms with Gasteiger partial charge in [-0.05, 0) is 50.5 Å². The third kappa shape index (κ3) is 3.29. The molecular formula is C18H22ClN3O3. The highest BCUT2D eigenvalue weighted by molar-refractivity contribution is 6.31. The maximum atomic E-state index is 13.0. The van der Waals surface area contributed by atoms with E-state index in [4.69, 9.17) is 27.8 Å². The molecule has 0 spiro atoms. The number of ether oxygens (including phenoxy) is 1. The summed E-state index contributed by atoms with van der Waals surface area (Å²) in [4.78, 5) is 28.0. The van der Waals surface area contributed by atoms with Gasteiger partial charge in [-0.15, -0.1) is 0 Å². The van der Waals surface area contributed by atoms with Crippen LogP contribution in [0.1, 0.15) is 36.7 Å². The molecule has 0 saturated heterocycles. The Bertz CT molecular complexity index is 819. The lowest BCUT2D eigenvalue weighted by atomic mass is 9.71. The minimum absolute atomic E-state index is 0.241. The van der Waals surface area contributed by atoms with Gasteiger partial charge in [0.2, 0.25) is 0 Å². The molecule has 1 aromatic heterocycles. The fraction of sp³-hybridized carbons (Fsp3) is 0.444. The standard InChI is InChI=1S/C18H22ClN3O3/c1-2-25-17(24)10-5-6-18(21,15(20)9-10)16(23)14-8-11-7-12(19)3-4-13(11)22-14/h3-4,7-8,10,15,22H,2,5-6,9,20-21H2,1H3. The number of ketones is 1.